The second-order valence-electron chi connectivity index (χ2n) is 5.72. The number of ether oxygens (including phenoxy) is 1. The molecule has 0 unspecified atom stereocenters. The molecule has 1 aliphatic rings. The van der Waals surface area contributed by atoms with Crippen molar-refractivity contribution in [2.45, 2.75) is 31.8 Å². The van der Waals surface area contributed by atoms with E-state index in [9.17, 15) is 4.79 Å². The minimum Gasteiger partial charge on any atom is -0.492 e. The largest absolute Gasteiger partial charge is 0.492 e. The number of carbonyl (C=O) groups is 1. The summed E-state index contributed by atoms with van der Waals surface area (Å²) in [4.78, 5) is 13.9. The number of likely N-dealkylation sites (tertiary alicyclic amines) is 1. The lowest BCUT2D eigenvalue weighted by Gasteiger charge is -2.32. The summed E-state index contributed by atoms with van der Waals surface area (Å²) >= 11 is 5.84. The molecule has 22 heavy (non-hydrogen) atoms. The predicted molar refractivity (Wildman–Crippen MR) is 88.2 cm³/mol. The SMILES string of the molecule is C[C@@H](N)C(=O)NC1CCN(CCOc2ccc(Cl)cc2)CC1. The molecule has 0 bridgehead atoms. The van der Waals surface area contributed by atoms with Gasteiger partial charge in [0, 0.05) is 30.7 Å². The van der Waals surface area contributed by atoms with E-state index < -0.39 is 6.04 Å². The highest BCUT2D eigenvalue weighted by Crippen LogP contribution is 2.16. The fourth-order valence-electron chi connectivity index (χ4n) is 2.46. The molecule has 6 heteroatoms. The number of halogens is 1. The molecule has 1 saturated heterocycles. The maximum Gasteiger partial charge on any atom is 0.236 e. The topological polar surface area (TPSA) is 67.6 Å². The lowest BCUT2D eigenvalue weighted by Crippen LogP contribution is -2.49. The number of piperidine rings is 1. The number of amides is 1. The first-order valence-corrected chi connectivity index (χ1v) is 8.09. The predicted octanol–water partition coefficient (Wildman–Crippen LogP) is 1.65. The van der Waals surface area contributed by atoms with Gasteiger partial charge in [-0.2, -0.15) is 0 Å². The number of nitrogens with zero attached hydrogens (tertiary/aromatic N) is 1. The minimum atomic E-state index is -0.439. The molecule has 3 N–H and O–H groups in total. The Morgan fingerprint density at radius 1 is 1.41 bits per heavy atom. The molecule has 1 aliphatic heterocycles. The summed E-state index contributed by atoms with van der Waals surface area (Å²) in [5, 5.41) is 3.70. The summed E-state index contributed by atoms with van der Waals surface area (Å²) in [5.41, 5.74) is 5.56. The van der Waals surface area contributed by atoms with E-state index in [1.807, 2.05) is 24.3 Å². The van der Waals surface area contributed by atoms with Gasteiger partial charge in [0.1, 0.15) is 12.4 Å². The van der Waals surface area contributed by atoms with Crippen LogP contribution in [-0.2, 0) is 4.79 Å². The standard InChI is InChI=1S/C16H24ClN3O2/c1-12(18)16(21)19-14-6-8-20(9-7-14)10-11-22-15-4-2-13(17)3-5-15/h2-5,12,14H,6-11,18H2,1H3,(H,19,21)/t12-/m1/s1. The zero-order valence-corrected chi connectivity index (χ0v) is 13.7. The molecule has 1 heterocycles. The van der Waals surface area contributed by atoms with Gasteiger partial charge in [-0.3, -0.25) is 9.69 Å². The van der Waals surface area contributed by atoms with E-state index in [2.05, 4.69) is 10.2 Å². The van der Waals surface area contributed by atoms with Crippen molar-refractivity contribution in [2.75, 3.05) is 26.2 Å². The van der Waals surface area contributed by atoms with Gasteiger partial charge in [0.05, 0.1) is 6.04 Å². The number of hydrogen-bond acceptors (Lipinski definition) is 4. The van der Waals surface area contributed by atoms with Gasteiger partial charge in [-0.05, 0) is 44.0 Å². The average Bonchev–Trinajstić information content (AvgIpc) is 2.51. The van der Waals surface area contributed by atoms with E-state index in [4.69, 9.17) is 22.1 Å². The Morgan fingerprint density at radius 3 is 2.64 bits per heavy atom. The monoisotopic (exact) mass is 325 g/mol. The van der Waals surface area contributed by atoms with Crippen LogP contribution in [0.1, 0.15) is 19.8 Å². The van der Waals surface area contributed by atoms with Crippen molar-refractivity contribution in [3.63, 3.8) is 0 Å². The van der Waals surface area contributed by atoms with Crippen LogP contribution >= 0.6 is 11.6 Å². The summed E-state index contributed by atoms with van der Waals surface area (Å²) in [7, 11) is 0. The van der Waals surface area contributed by atoms with Crippen molar-refractivity contribution < 1.29 is 9.53 Å². The van der Waals surface area contributed by atoms with Crippen LogP contribution in [0, 0.1) is 0 Å². The molecule has 5 nitrogen and oxygen atoms in total. The molecular formula is C16H24ClN3O2. The van der Waals surface area contributed by atoms with Gasteiger partial charge in [-0.1, -0.05) is 11.6 Å². The smallest absolute Gasteiger partial charge is 0.236 e. The first-order chi connectivity index (χ1) is 10.5. The lowest BCUT2D eigenvalue weighted by atomic mass is 10.0. The fraction of sp³-hybridized carbons (Fsp3) is 0.562. The molecule has 1 atom stereocenters. The Kier molecular flexibility index (Phi) is 6.49. The molecule has 0 spiro atoms. The molecule has 0 saturated carbocycles. The first-order valence-electron chi connectivity index (χ1n) is 7.71. The lowest BCUT2D eigenvalue weighted by molar-refractivity contribution is -0.123. The van der Waals surface area contributed by atoms with E-state index in [1.165, 1.54) is 0 Å². The average molecular weight is 326 g/mol. The van der Waals surface area contributed by atoms with Crippen LogP contribution < -0.4 is 15.8 Å². The van der Waals surface area contributed by atoms with Crippen LogP contribution in [0.3, 0.4) is 0 Å². The third-order valence-corrected chi connectivity index (χ3v) is 4.09. The van der Waals surface area contributed by atoms with Crippen LogP contribution in [0.2, 0.25) is 5.02 Å². The summed E-state index contributed by atoms with van der Waals surface area (Å²) in [5.74, 6) is 0.771. The number of rotatable bonds is 6. The number of hydrogen-bond donors (Lipinski definition) is 2. The molecule has 1 aromatic rings. The van der Waals surface area contributed by atoms with E-state index >= 15 is 0 Å². The molecule has 122 valence electrons. The third kappa shape index (κ3) is 5.48. The molecule has 0 aromatic heterocycles. The fourth-order valence-corrected chi connectivity index (χ4v) is 2.58. The van der Waals surface area contributed by atoms with Gasteiger partial charge in [0.15, 0.2) is 0 Å². The minimum absolute atomic E-state index is 0.0653. The van der Waals surface area contributed by atoms with Gasteiger partial charge in [-0.15, -0.1) is 0 Å². The van der Waals surface area contributed by atoms with Crippen molar-refractivity contribution >= 4 is 17.5 Å². The Morgan fingerprint density at radius 2 is 2.05 bits per heavy atom. The second kappa shape index (κ2) is 8.36. The van der Waals surface area contributed by atoms with Crippen molar-refractivity contribution in [3.8, 4) is 5.75 Å². The first kappa shape index (κ1) is 17.1. The van der Waals surface area contributed by atoms with Gasteiger partial charge >= 0.3 is 0 Å². The molecule has 0 aliphatic carbocycles. The van der Waals surface area contributed by atoms with Crippen LogP contribution in [-0.4, -0.2) is 49.1 Å². The van der Waals surface area contributed by atoms with Crippen molar-refractivity contribution in [2.24, 2.45) is 5.73 Å². The maximum absolute atomic E-state index is 11.6. The molecule has 0 radical (unpaired) electrons. The zero-order chi connectivity index (χ0) is 15.9. The van der Waals surface area contributed by atoms with Crippen LogP contribution in [0.5, 0.6) is 5.75 Å². The molecule has 1 aromatic carbocycles. The number of benzene rings is 1. The third-order valence-electron chi connectivity index (χ3n) is 3.84. The number of nitrogens with one attached hydrogen (secondary N) is 1. The Bertz CT molecular complexity index is 471. The Hall–Kier alpha value is -1.30. The maximum atomic E-state index is 11.6. The quantitative estimate of drug-likeness (QED) is 0.834. The molecule has 1 fully saturated rings. The molecule has 1 amide bonds. The van der Waals surface area contributed by atoms with Gasteiger partial charge in [-0.25, -0.2) is 0 Å². The van der Waals surface area contributed by atoms with Crippen LogP contribution in [0.4, 0.5) is 0 Å². The number of carbonyl (C=O) groups excluding carboxylic acids is 1. The Labute approximate surface area is 136 Å². The zero-order valence-electron chi connectivity index (χ0n) is 12.9. The van der Waals surface area contributed by atoms with Crippen molar-refractivity contribution in [1.82, 2.24) is 10.2 Å². The summed E-state index contributed by atoms with van der Waals surface area (Å²) in [6.07, 6.45) is 1.92. The van der Waals surface area contributed by atoms with E-state index in [0.717, 1.165) is 38.2 Å². The Balaban J connectivity index is 1.63. The summed E-state index contributed by atoms with van der Waals surface area (Å²) in [6.45, 7) is 5.18. The summed E-state index contributed by atoms with van der Waals surface area (Å²) < 4.78 is 5.70. The van der Waals surface area contributed by atoms with Crippen molar-refractivity contribution in [1.29, 1.82) is 0 Å². The second-order valence-corrected chi connectivity index (χ2v) is 6.15. The number of nitrogens with two attached hydrogens (primary N) is 1. The molecular weight excluding hydrogens is 302 g/mol. The highest BCUT2D eigenvalue weighted by molar-refractivity contribution is 6.30. The molecule has 2 rings (SSSR count). The van der Waals surface area contributed by atoms with Gasteiger partial charge < -0.3 is 15.8 Å². The van der Waals surface area contributed by atoms with Gasteiger partial charge in [0.25, 0.3) is 0 Å². The van der Waals surface area contributed by atoms with Crippen molar-refractivity contribution in [3.05, 3.63) is 29.3 Å². The summed E-state index contributed by atoms with van der Waals surface area (Å²) in [6, 6.07) is 7.20. The van der Waals surface area contributed by atoms with E-state index in [1.54, 1.807) is 6.92 Å². The van der Waals surface area contributed by atoms with Crippen LogP contribution in [0.25, 0.3) is 0 Å². The van der Waals surface area contributed by atoms with Crippen LogP contribution in [0.15, 0.2) is 24.3 Å². The van der Waals surface area contributed by atoms with Gasteiger partial charge in [0.2, 0.25) is 5.91 Å². The highest BCUT2D eigenvalue weighted by Gasteiger charge is 2.21. The van der Waals surface area contributed by atoms with E-state index in [0.29, 0.717) is 11.6 Å². The highest BCUT2D eigenvalue weighted by atomic mass is 35.5. The van der Waals surface area contributed by atoms with E-state index in [-0.39, 0.29) is 11.9 Å². The normalized spacial score (nSPS) is 18.0.